The molecule has 1 unspecified atom stereocenters. The summed E-state index contributed by atoms with van der Waals surface area (Å²) in [6, 6.07) is 7.94. The van der Waals surface area contributed by atoms with E-state index in [1.165, 1.54) is 24.3 Å². The minimum Gasteiger partial charge on any atom is -0.348 e. The van der Waals surface area contributed by atoms with E-state index < -0.39 is 41.5 Å². The molecule has 0 aliphatic rings. The molecule has 8 heteroatoms. The van der Waals surface area contributed by atoms with Crippen LogP contribution in [0.3, 0.4) is 0 Å². The van der Waals surface area contributed by atoms with Crippen LogP contribution in [0.4, 0.5) is 17.6 Å². The first-order valence-electron chi connectivity index (χ1n) is 9.03. The van der Waals surface area contributed by atoms with Gasteiger partial charge in [-0.15, -0.1) is 0 Å². The predicted molar refractivity (Wildman–Crippen MR) is 100 cm³/mol. The number of nitrogens with one attached hydrogen (secondary N) is 2. The van der Waals surface area contributed by atoms with Gasteiger partial charge in [-0.2, -0.15) is 13.2 Å². The standard InChI is InChI=1S/C21H22F4N2O2/c1-12(2)18(27-19(28)14-7-9-17(22)10-8-14)20(29)26-13(3)15-5-4-6-16(11-15)21(23,24)25/h4-13,18H,1-3H3,(H,26,29)(H,27,28)/t13?,18-/m0/s1. The van der Waals surface area contributed by atoms with Crippen molar-refractivity contribution in [2.75, 3.05) is 0 Å². The zero-order valence-corrected chi connectivity index (χ0v) is 16.2. The van der Waals surface area contributed by atoms with E-state index >= 15 is 0 Å². The Kier molecular flexibility index (Phi) is 7.00. The van der Waals surface area contributed by atoms with Crippen molar-refractivity contribution in [2.24, 2.45) is 5.92 Å². The fourth-order valence-corrected chi connectivity index (χ4v) is 2.73. The summed E-state index contributed by atoms with van der Waals surface area (Å²) in [5.74, 6) is -1.85. The molecule has 0 heterocycles. The van der Waals surface area contributed by atoms with E-state index in [4.69, 9.17) is 0 Å². The van der Waals surface area contributed by atoms with Crippen LogP contribution in [0, 0.1) is 11.7 Å². The minimum absolute atomic E-state index is 0.191. The summed E-state index contributed by atoms with van der Waals surface area (Å²) in [5.41, 5.74) is -0.322. The second kappa shape index (κ2) is 9.07. The van der Waals surface area contributed by atoms with Gasteiger partial charge in [0.15, 0.2) is 0 Å². The van der Waals surface area contributed by atoms with Crippen molar-refractivity contribution in [3.05, 3.63) is 71.0 Å². The molecule has 4 nitrogen and oxygen atoms in total. The third-order valence-corrected chi connectivity index (χ3v) is 4.41. The van der Waals surface area contributed by atoms with Crippen molar-refractivity contribution in [2.45, 2.75) is 39.0 Å². The van der Waals surface area contributed by atoms with Gasteiger partial charge in [-0.3, -0.25) is 9.59 Å². The van der Waals surface area contributed by atoms with Gasteiger partial charge >= 0.3 is 6.18 Å². The number of alkyl halides is 3. The first-order valence-corrected chi connectivity index (χ1v) is 9.03. The highest BCUT2D eigenvalue weighted by molar-refractivity contribution is 5.97. The average molecular weight is 410 g/mol. The van der Waals surface area contributed by atoms with E-state index in [-0.39, 0.29) is 11.5 Å². The average Bonchev–Trinajstić information content (AvgIpc) is 2.65. The van der Waals surface area contributed by atoms with Crippen LogP contribution >= 0.6 is 0 Å². The number of halogens is 4. The first kappa shape index (κ1) is 22.4. The van der Waals surface area contributed by atoms with E-state index in [2.05, 4.69) is 10.6 Å². The molecule has 0 radical (unpaired) electrons. The van der Waals surface area contributed by atoms with Crippen LogP contribution in [0.1, 0.15) is 48.3 Å². The Labute approximate surface area is 166 Å². The van der Waals surface area contributed by atoms with Gasteiger partial charge in [0, 0.05) is 5.56 Å². The lowest BCUT2D eigenvalue weighted by Gasteiger charge is -2.24. The fraction of sp³-hybridized carbons (Fsp3) is 0.333. The van der Waals surface area contributed by atoms with E-state index in [1.54, 1.807) is 20.8 Å². The van der Waals surface area contributed by atoms with Crippen LogP contribution in [-0.2, 0) is 11.0 Å². The Balaban J connectivity index is 2.11. The van der Waals surface area contributed by atoms with E-state index in [0.717, 1.165) is 24.3 Å². The van der Waals surface area contributed by atoms with Gasteiger partial charge in [-0.25, -0.2) is 4.39 Å². The summed E-state index contributed by atoms with van der Waals surface area (Å²) in [6.45, 7) is 5.01. The second-order valence-electron chi connectivity index (χ2n) is 7.06. The normalized spacial score (nSPS) is 13.7. The van der Waals surface area contributed by atoms with Gasteiger partial charge in [0.05, 0.1) is 11.6 Å². The Morgan fingerprint density at radius 2 is 1.55 bits per heavy atom. The van der Waals surface area contributed by atoms with Crippen LogP contribution in [0.15, 0.2) is 48.5 Å². The number of carbonyl (C=O) groups is 2. The highest BCUT2D eigenvalue weighted by atomic mass is 19.4. The molecule has 0 aliphatic carbocycles. The van der Waals surface area contributed by atoms with Crippen molar-refractivity contribution < 1.29 is 27.2 Å². The smallest absolute Gasteiger partial charge is 0.348 e. The number of carbonyl (C=O) groups excluding carboxylic acids is 2. The molecule has 2 rings (SSSR count). The van der Waals surface area contributed by atoms with Crippen LogP contribution in [0.25, 0.3) is 0 Å². The number of benzene rings is 2. The third-order valence-electron chi connectivity index (χ3n) is 4.41. The Hall–Kier alpha value is -2.90. The molecule has 156 valence electrons. The molecule has 0 aliphatic heterocycles. The lowest BCUT2D eigenvalue weighted by atomic mass is 10.0. The Morgan fingerprint density at radius 1 is 0.931 bits per heavy atom. The fourth-order valence-electron chi connectivity index (χ4n) is 2.73. The van der Waals surface area contributed by atoms with Gasteiger partial charge < -0.3 is 10.6 Å². The molecule has 2 N–H and O–H groups in total. The maximum atomic E-state index is 13.0. The molecule has 29 heavy (non-hydrogen) atoms. The molecule has 2 aromatic rings. The molecule has 2 atom stereocenters. The van der Waals surface area contributed by atoms with Crippen molar-refractivity contribution in [1.82, 2.24) is 10.6 Å². The van der Waals surface area contributed by atoms with Crippen LogP contribution < -0.4 is 10.6 Å². The molecule has 2 aromatic carbocycles. The molecular weight excluding hydrogens is 388 g/mol. The topological polar surface area (TPSA) is 58.2 Å². The van der Waals surface area contributed by atoms with Crippen molar-refractivity contribution in [3.8, 4) is 0 Å². The van der Waals surface area contributed by atoms with E-state index in [1.807, 2.05) is 0 Å². The largest absolute Gasteiger partial charge is 0.416 e. The third kappa shape index (κ3) is 6.04. The van der Waals surface area contributed by atoms with Crippen LogP contribution in [-0.4, -0.2) is 17.9 Å². The predicted octanol–water partition coefficient (Wildman–Crippen LogP) is 4.48. The maximum Gasteiger partial charge on any atom is 0.416 e. The highest BCUT2D eigenvalue weighted by Gasteiger charge is 2.31. The van der Waals surface area contributed by atoms with Crippen LogP contribution in [0.2, 0.25) is 0 Å². The summed E-state index contributed by atoms with van der Waals surface area (Å²) in [6.07, 6.45) is -4.48. The van der Waals surface area contributed by atoms with Crippen molar-refractivity contribution in [1.29, 1.82) is 0 Å². The molecule has 0 fully saturated rings. The summed E-state index contributed by atoms with van der Waals surface area (Å²) in [4.78, 5) is 25.0. The first-order chi connectivity index (χ1) is 13.5. The second-order valence-corrected chi connectivity index (χ2v) is 7.06. The maximum absolute atomic E-state index is 13.0. The lowest BCUT2D eigenvalue weighted by Crippen LogP contribution is -2.50. The summed E-state index contributed by atoms with van der Waals surface area (Å²) in [5, 5.41) is 5.23. The molecular formula is C21H22F4N2O2. The molecule has 0 saturated heterocycles. The molecule has 0 saturated carbocycles. The quantitative estimate of drug-likeness (QED) is 0.690. The summed E-state index contributed by atoms with van der Waals surface area (Å²) in [7, 11) is 0. The molecule has 0 aromatic heterocycles. The lowest BCUT2D eigenvalue weighted by molar-refractivity contribution is -0.137. The van der Waals surface area contributed by atoms with E-state index in [0.29, 0.717) is 5.56 Å². The zero-order valence-electron chi connectivity index (χ0n) is 16.2. The van der Waals surface area contributed by atoms with Gasteiger partial charge in [0.2, 0.25) is 5.91 Å². The number of amides is 2. The Bertz CT molecular complexity index is 864. The SMILES string of the molecule is CC(NC(=O)[C@@H](NC(=O)c1ccc(F)cc1)C(C)C)c1cccc(C(F)(F)F)c1. The van der Waals surface area contributed by atoms with Crippen molar-refractivity contribution >= 4 is 11.8 Å². The highest BCUT2D eigenvalue weighted by Crippen LogP contribution is 2.30. The van der Waals surface area contributed by atoms with Crippen molar-refractivity contribution in [3.63, 3.8) is 0 Å². The number of hydrogen-bond donors (Lipinski definition) is 2. The monoisotopic (exact) mass is 410 g/mol. The molecule has 0 spiro atoms. The van der Waals surface area contributed by atoms with E-state index in [9.17, 15) is 27.2 Å². The van der Waals surface area contributed by atoms with Gasteiger partial charge in [-0.05, 0) is 54.8 Å². The van der Waals surface area contributed by atoms with Crippen LogP contribution in [0.5, 0.6) is 0 Å². The van der Waals surface area contributed by atoms with Gasteiger partial charge in [0.1, 0.15) is 11.9 Å². The Morgan fingerprint density at radius 3 is 2.10 bits per heavy atom. The molecule has 0 bridgehead atoms. The summed E-state index contributed by atoms with van der Waals surface area (Å²) >= 11 is 0. The summed E-state index contributed by atoms with van der Waals surface area (Å²) < 4.78 is 51.7. The number of rotatable bonds is 6. The molecule has 2 amide bonds. The van der Waals surface area contributed by atoms with Gasteiger partial charge in [0.25, 0.3) is 5.91 Å². The van der Waals surface area contributed by atoms with Gasteiger partial charge in [-0.1, -0.05) is 26.0 Å². The zero-order chi connectivity index (χ0) is 21.8. The number of hydrogen-bond acceptors (Lipinski definition) is 2. The minimum atomic E-state index is -4.48.